The van der Waals surface area contributed by atoms with Gasteiger partial charge in [0.1, 0.15) is 6.10 Å². The molecule has 1 nitrogen and oxygen atoms in total. The summed E-state index contributed by atoms with van der Waals surface area (Å²) in [4.78, 5) is 0. The Morgan fingerprint density at radius 1 is 0.793 bits per heavy atom. The Bertz CT molecular complexity index is 839. The van der Waals surface area contributed by atoms with E-state index in [2.05, 4.69) is 37.3 Å². The van der Waals surface area contributed by atoms with Crippen molar-refractivity contribution in [2.45, 2.75) is 19.4 Å². The van der Waals surface area contributed by atoms with Crippen molar-refractivity contribution in [3.63, 3.8) is 0 Å². The van der Waals surface area contributed by atoms with Gasteiger partial charge in [-0.2, -0.15) is 0 Å². The molecule has 4 rings (SSSR count). The van der Waals surface area contributed by atoms with Gasteiger partial charge in [0.15, 0.2) is 0 Å². The Hall–Kier alpha value is -1.61. The van der Waals surface area contributed by atoms with Crippen LogP contribution in [0.5, 0.6) is 0 Å². The normalized spacial score (nSPS) is 11.6. The van der Waals surface area contributed by atoms with Crippen LogP contribution in [0.4, 0.5) is 0 Å². The standard InChI is InChI=1S/C13H12O.C12H11.2ClH.Ti/c14-13(11-7-3-1-4-8-11)12-9-5-2-6-10-12;1-10-7-8-12(9-10)11-5-3-2-4-6-11;;;/h1-10,13-14H;2-5,7,9H,8H2,1H3;2*1H;/q;-1;;;+3/p-2. The number of benzene rings is 3. The fourth-order valence-electron chi connectivity index (χ4n) is 2.91. The van der Waals surface area contributed by atoms with Crippen molar-refractivity contribution in [3.05, 3.63) is 125 Å². The summed E-state index contributed by atoms with van der Waals surface area (Å²) in [5, 5.41) is 9.99. The summed E-state index contributed by atoms with van der Waals surface area (Å²) in [6.45, 7) is 2.13. The fraction of sp³-hybridized carbons (Fsp3) is 0.120. The summed E-state index contributed by atoms with van der Waals surface area (Å²) in [5.41, 5.74) is 5.83. The van der Waals surface area contributed by atoms with Gasteiger partial charge in [0, 0.05) is 0 Å². The Labute approximate surface area is 201 Å². The summed E-state index contributed by atoms with van der Waals surface area (Å²) >= 11 is 0. The van der Waals surface area contributed by atoms with E-state index in [1.54, 1.807) is 0 Å². The molecule has 0 fully saturated rings. The Morgan fingerprint density at radius 2 is 1.31 bits per heavy atom. The first-order valence-corrected chi connectivity index (χ1v) is 8.86. The Morgan fingerprint density at radius 3 is 1.72 bits per heavy atom. The molecule has 0 aromatic heterocycles. The van der Waals surface area contributed by atoms with Crippen molar-refractivity contribution in [3.8, 4) is 0 Å². The number of hydrogen-bond donors (Lipinski definition) is 1. The van der Waals surface area contributed by atoms with E-state index in [1.807, 2.05) is 72.8 Å². The number of rotatable bonds is 3. The quantitative estimate of drug-likeness (QED) is 0.433. The van der Waals surface area contributed by atoms with Crippen LogP contribution in [0.2, 0.25) is 0 Å². The maximum atomic E-state index is 9.99. The van der Waals surface area contributed by atoms with Gasteiger partial charge in [-0.1, -0.05) is 78.4 Å². The SMILES string of the molecule is CC1=CCC(c2[c-]cccc2)=C1.OC(c1ccccc1)c1ccccc1.[Cl-].[Cl-].[Ti+3]. The molecule has 3 aromatic carbocycles. The van der Waals surface area contributed by atoms with Crippen LogP contribution in [-0.2, 0) is 21.7 Å². The molecule has 147 valence electrons. The maximum absolute atomic E-state index is 9.99. The molecule has 0 amide bonds. The van der Waals surface area contributed by atoms with Crippen molar-refractivity contribution in [1.29, 1.82) is 0 Å². The molecule has 1 aliphatic carbocycles. The third kappa shape index (κ3) is 8.34. The van der Waals surface area contributed by atoms with E-state index >= 15 is 0 Å². The molecule has 1 N–H and O–H groups in total. The first kappa shape index (κ1) is 27.4. The van der Waals surface area contributed by atoms with Gasteiger partial charge in [0.2, 0.25) is 0 Å². The molecule has 1 radical (unpaired) electrons. The average molecular weight is 458 g/mol. The first-order chi connectivity index (χ1) is 12.7. The van der Waals surface area contributed by atoms with Gasteiger partial charge in [-0.3, -0.25) is 0 Å². The third-order valence-corrected chi connectivity index (χ3v) is 4.33. The third-order valence-electron chi connectivity index (χ3n) is 4.33. The minimum absolute atomic E-state index is 0. The van der Waals surface area contributed by atoms with Crippen LogP contribution >= 0.6 is 0 Å². The summed E-state index contributed by atoms with van der Waals surface area (Å²) in [6.07, 6.45) is 5.02. The van der Waals surface area contributed by atoms with Crippen LogP contribution < -0.4 is 24.8 Å². The number of allylic oxidation sites excluding steroid dienone is 4. The molecule has 0 saturated carbocycles. The molecular weight excluding hydrogens is 435 g/mol. The maximum Gasteiger partial charge on any atom is 3.00 e. The van der Waals surface area contributed by atoms with E-state index in [1.165, 1.54) is 16.7 Å². The van der Waals surface area contributed by atoms with Gasteiger partial charge in [-0.25, -0.2) is 0 Å². The van der Waals surface area contributed by atoms with Crippen LogP contribution in [0.25, 0.3) is 5.57 Å². The summed E-state index contributed by atoms with van der Waals surface area (Å²) in [7, 11) is 0. The van der Waals surface area contributed by atoms with Crippen molar-refractivity contribution in [2.24, 2.45) is 0 Å². The topological polar surface area (TPSA) is 20.2 Å². The van der Waals surface area contributed by atoms with Crippen LogP contribution in [0.15, 0.2) is 103 Å². The number of aliphatic hydroxyl groups is 1. The monoisotopic (exact) mass is 457 g/mol. The van der Waals surface area contributed by atoms with Crippen LogP contribution in [0.3, 0.4) is 0 Å². The fourth-order valence-corrected chi connectivity index (χ4v) is 2.91. The summed E-state index contributed by atoms with van der Waals surface area (Å²) < 4.78 is 0. The molecule has 0 aliphatic heterocycles. The first-order valence-electron chi connectivity index (χ1n) is 8.86. The molecule has 0 atom stereocenters. The number of halogens is 2. The van der Waals surface area contributed by atoms with E-state index in [9.17, 15) is 5.11 Å². The summed E-state index contributed by atoms with van der Waals surface area (Å²) in [6, 6.07) is 30.7. The van der Waals surface area contributed by atoms with Crippen LogP contribution in [0.1, 0.15) is 36.1 Å². The predicted molar refractivity (Wildman–Crippen MR) is 109 cm³/mol. The van der Waals surface area contributed by atoms with Gasteiger partial charge in [0.05, 0.1) is 0 Å². The van der Waals surface area contributed by atoms with Crippen molar-refractivity contribution in [1.82, 2.24) is 0 Å². The van der Waals surface area contributed by atoms with Gasteiger partial charge >= 0.3 is 21.7 Å². The van der Waals surface area contributed by atoms with E-state index in [-0.39, 0.29) is 46.5 Å². The minimum atomic E-state index is -0.516. The Kier molecular flexibility index (Phi) is 13.6. The van der Waals surface area contributed by atoms with Crippen LogP contribution in [0, 0.1) is 6.07 Å². The van der Waals surface area contributed by atoms with E-state index < -0.39 is 6.10 Å². The molecule has 0 spiro atoms. The van der Waals surface area contributed by atoms with Gasteiger partial charge < -0.3 is 29.9 Å². The molecular formula is C25H23Cl2OTi. The van der Waals surface area contributed by atoms with E-state index in [0.717, 1.165) is 17.5 Å². The summed E-state index contributed by atoms with van der Waals surface area (Å²) in [5.74, 6) is 0. The van der Waals surface area contributed by atoms with Crippen molar-refractivity contribution < 1.29 is 51.6 Å². The second kappa shape index (κ2) is 14.4. The van der Waals surface area contributed by atoms with E-state index in [4.69, 9.17) is 0 Å². The molecule has 0 heterocycles. The zero-order valence-electron chi connectivity index (χ0n) is 16.2. The molecule has 4 heteroatoms. The van der Waals surface area contributed by atoms with E-state index in [0.29, 0.717) is 0 Å². The molecule has 0 saturated heterocycles. The zero-order chi connectivity index (χ0) is 18.2. The van der Waals surface area contributed by atoms with Gasteiger partial charge in [0.25, 0.3) is 0 Å². The second-order valence-electron chi connectivity index (χ2n) is 6.32. The average Bonchev–Trinajstić information content (AvgIpc) is 3.16. The molecule has 0 unspecified atom stereocenters. The molecule has 29 heavy (non-hydrogen) atoms. The van der Waals surface area contributed by atoms with Crippen LogP contribution in [-0.4, -0.2) is 5.11 Å². The molecule has 3 aromatic rings. The van der Waals surface area contributed by atoms with Gasteiger partial charge in [-0.15, -0.1) is 41.5 Å². The number of aliphatic hydroxyl groups excluding tert-OH is 1. The zero-order valence-corrected chi connectivity index (χ0v) is 19.3. The smallest absolute Gasteiger partial charge is 1.00 e. The molecule has 1 aliphatic rings. The van der Waals surface area contributed by atoms with Crippen molar-refractivity contribution in [2.75, 3.05) is 0 Å². The largest absolute Gasteiger partial charge is 3.00 e. The number of hydrogen-bond acceptors (Lipinski definition) is 1. The second-order valence-corrected chi connectivity index (χ2v) is 6.32. The van der Waals surface area contributed by atoms with Crippen molar-refractivity contribution >= 4 is 5.57 Å². The predicted octanol–water partition coefficient (Wildman–Crippen LogP) is -0.00601. The molecule has 0 bridgehead atoms. The minimum Gasteiger partial charge on any atom is -1.00 e. The Balaban J connectivity index is 0.000000494. The van der Waals surface area contributed by atoms with Gasteiger partial charge in [-0.05, 0) is 24.5 Å².